The van der Waals surface area contributed by atoms with Gasteiger partial charge in [0.2, 0.25) is 0 Å². The molecule has 4 aliphatic carbocycles. The minimum Gasteiger partial charge on any atom is -0.466 e. The summed E-state index contributed by atoms with van der Waals surface area (Å²) in [5.41, 5.74) is -0.546. The minimum absolute atomic E-state index is 0.0422. The Labute approximate surface area is 186 Å². The number of hydrogen-bond acceptors (Lipinski definition) is 5. The summed E-state index contributed by atoms with van der Waals surface area (Å²) in [6.45, 7) is 8.73. The van der Waals surface area contributed by atoms with Gasteiger partial charge in [-0.15, -0.1) is 0 Å². The molecule has 31 heavy (non-hydrogen) atoms. The van der Waals surface area contributed by atoms with Gasteiger partial charge in [-0.05, 0) is 67.6 Å². The first kappa shape index (κ1) is 22.7. The van der Waals surface area contributed by atoms with Crippen LogP contribution in [0.25, 0.3) is 0 Å². The molecule has 4 saturated carbocycles. The molecule has 0 spiro atoms. The van der Waals surface area contributed by atoms with Crippen molar-refractivity contribution in [3.63, 3.8) is 0 Å². The molecule has 4 rings (SSSR count). The number of carbonyl (C=O) groups excluding carboxylic acids is 4. The van der Waals surface area contributed by atoms with E-state index in [1.165, 1.54) is 0 Å². The Hall–Kier alpha value is -1.52. The lowest BCUT2D eigenvalue weighted by Gasteiger charge is -2.58. The van der Waals surface area contributed by atoms with E-state index in [1.54, 1.807) is 0 Å². The van der Waals surface area contributed by atoms with E-state index < -0.39 is 5.41 Å². The predicted molar refractivity (Wildman–Crippen MR) is 116 cm³/mol. The predicted octanol–water partition coefficient (Wildman–Crippen LogP) is 4.55. The van der Waals surface area contributed by atoms with Crippen LogP contribution in [-0.2, 0) is 23.9 Å². The summed E-state index contributed by atoms with van der Waals surface area (Å²) in [6.07, 6.45) is 5.89. The molecule has 0 aromatic heterocycles. The van der Waals surface area contributed by atoms with Crippen LogP contribution in [0.4, 0.5) is 0 Å². The first-order chi connectivity index (χ1) is 14.6. The summed E-state index contributed by atoms with van der Waals surface area (Å²) < 4.78 is 5.09. The van der Waals surface area contributed by atoms with Gasteiger partial charge in [-0.3, -0.25) is 19.2 Å². The molecule has 0 heterocycles. The van der Waals surface area contributed by atoms with Crippen LogP contribution in [-0.4, -0.2) is 29.9 Å². The normalized spacial score (nSPS) is 43.1. The zero-order chi connectivity index (χ0) is 22.6. The zero-order valence-electron chi connectivity index (χ0n) is 19.6. The number of Topliss-reactive ketones (excluding diaryl/α,β-unsaturated/α-hetero) is 3. The van der Waals surface area contributed by atoms with Gasteiger partial charge in [0.1, 0.15) is 17.3 Å². The van der Waals surface area contributed by atoms with Gasteiger partial charge in [0.25, 0.3) is 0 Å². The van der Waals surface area contributed by atoms with E-state index in [-0.39, 0.29) is 52.7 Å². The molecule has 0 amide bonds. The number of ether oxygens (including phenoxy) is 1. The average Bonchev–Trinajstić information content (AvgIpc) is 3.07. The van der Waals surface area contributed by atoms with Gasteiger partial charge in [0, 0.05) is 43.4 Å². The molecule has 1 unspecified atom stereocenters. The second-order valence-electron chi connectivity index (χ2n) is 11.3. The summed E-state index contributed by atoms with van der Waals surface area (Å²) in [4.78, 5) is 51.1. The Bertz CT molecular complexity index is 787. The van der Waals surface area contributed by atoms with Crippen LogP contribution >= 0.6 is 0 Å². The SMILES string of the molecule is CCOC(=O)CC[C@@H](C)[C@H]1CC[C@H]2[C@@H]3C(=O)CC4CC(=O)CC[C@]4(C)[C@H]3CC(=O)[C@]12C. The molecule has 0 aliphatic heterocycles. The van der Waals surface area contributed by atoms with Crippen LogP contribution in [0.3, 0.4) is 0 Å². The van der Waals surface area contributed by atoms with Crippen LogP contribution in [0.1, 0.15) is 85.5 Å². The fraction of sp³-hybridized carbons (Fsp3) is 0.846. The number of hydrogen-bond donors (Lipinski definition) is 0. The Morgan fingerprint density at radius 2 is 1.84 bits per heavy atom. The van der Waals surface area contributed by atoms with Crippen LogP contribution < -0.4 is 0 Å². The van der Waals surface area contributed by atoms with Crippen LogP contribution in [0, 0.1) is 46.3 Å². The topological polar surface area (TPSA) is 77.5 Å². The van der Waals surface area contributed by atoms with Crippen molar-refractivity contribution in [1.29, 1.82) is 0 Å². The Morgan fingerprint density at radius 3 is 2.55 bits per heavy atom. The van der Waals surface area contributed by atoms with Gasteiger partial charge in [-0.25, -0.2) is 0 Å². The summed E-state index contributed by atoms with van der Waals surface area (Å²) in [7, 11) is 0. The van der Waals surface area contributed by atoms with Crippen LogP contribution in [0.15, 0.2) is 0 Å². The van der Waals surface area contributed by atoms with E-state index in [1.807, 2.05) is 6.92 Å². The molecule has 0 N–H and O–H groups in total. The highest BCUT2D eigenvalue weighted by atomic mass is 16.5. The van der Waals surface area contributed by atoms with Crippen molar-refractivity contribution in [3.05, 3.63) is 0 Å². The number of ketones is 3. The van der Waals surface area contributed by atoms with Crippen molar-refractivity contribution in [2.45, 2.75) is 85.5 Å². The highest BCUT2D eigenvalue weighted by Gasteiger charge is 2.66. The number of esters is 1. The molecule has 0 aromatic carbocycles. The lowest BCUT2D eigenvalue weighted by molar-refractivity contribution is -0.166. The Morgan fingerprint density at radius 1 is 1.10 bits per heavy atom. The highest BCUT2D eigenvalue weighted by molar-refractivity contribution is 5.93. The first-order valence-corrected chi connectivity index (χ1v) is 12.4. The molecule has 5 nitrogen and oxygen atoms in total. The number of fused-ring (bicyclic) bond motifs is 5. The monoisotopic (exact) mass is 430 g/mol. The van der Waals surface area contributed by atoms with E-state index >= 15 is 0 Å². The van der Waals surface area contributed by atoms with Gasteiger partial charge >= 0.3 is 5.97 Å². The molecule has 0 radical (unpaired) electrons. The molecular weight excluding hydrogens is 392 g/mol. The molecule has 5 heteroatoms. The van der Waals surface area contributed by atoms with Crippen molar-refractivity contribution in [3.8, 4) is 0 Å². The molecule has 8 atom stereocenters. The maximum atomic E-state index is 13.7. The fourth-order valence-electron chi connectivity index (χ4n) is 8.17. The van der Waals surface area contributed by atoms with Crippen LogP contribution in [0.5, 0.6) is 0 Å². The van der Waals surface area contributed by atoms with Crippen molar-refractivity contribution in [2.24, 2.45) is 46.3 Å². The smallest absolute Gasteiger partial charge is 0.305 e. The molecule has 0 bridgehead atoms. The largest absolute Gasteiger partial charge is 0.466 e. The Kier molecular flexibility index (Phi) is 5.93. The minimum atomic E-state index is -0.474. The third-order valence-electron chi connectivity index (χ3n) is 10.0. The molecule has 0 aromatic rings. The quantitative estimate of drug-likeness (QED) is 0.598. The number of rotatable bonds is 5. The van der Waals surface area contributed by atoms with E-state index in [9.17, 15) is 19.2 Å². The summed E-state index contributed by atoms with van der Waals surface area (Å²) in [6, 6.07) is 0. The molecule has 4 fully saturated rings. The molecule has 172 valence electrons. The first-order valence-electron chi connectivity index (χ1n) is 12.4. The van der Waals surface area contributed by atoms with E-state index in [0.717, 1.165) is 25.7 Å². The summed E-state index contributed by atoms with van der Waals surface area (Å²) >= 11 is 0. The van der Waals surface area contributed by atoms with Gasteiger partial charge in [-0.2, -0.15) is 0 Å². The van der Waals surface area contributed by atoms with E-state index in [4.69, 9.17) is 4.74 Å². The zero-order valence-corrected chi connectivity index (χ0v) is 19.6. The standard InChI is InChI=1S/C26H38O5/c1-5-31-23(30)9-6-15(2)18-7-8-19-24-20(14-22(29)26(18,19)4)25(3)11-10-17(27)12-16(25)13-21(24)28/h15-16,18-20,24H,5-14H2,1-4H3/t15-,16?,18-,19+,20+,24+,25+,26-/m1/s1. The highest BCUT2D eigenvalue weighted by Crippen LogP contribution is 2.66. The van der Waals surface area contributed by atoms with Gasteiger partial charge < -0.3 is 4.74 Å². The molecule has 4 aliphatic rings. The maximum Gasteiger partial charge on any atom is 0.305 e. The van der Waals surface area contributed by atoms with E-state index in [0.29, 0.717) is 50.3 Å². The lowest BCUT2D eigenvalue weighted by atomic mass is 9.44. The summed E-state index contributed by atoms with van der Waals surface area (Å²) in [5, 5.41) is 0. The van der Waals surface area contributed by atoms with Crippen molar-refractivity contribution >= 4 is 23.3 Å². The maximum absolute atomic E-state index is 13.7. The number of carbonyl (C=O) groups is 4. The van der Waals surface area contributed by atoms with Gasteiger partial charge in [0.15, 0.2) is 0 Å². The lowest BCUT2D eigenvalue weighted by Crippen LogP contribution is -2.60. The second kappa shape index (κ2) is 8.12. The molecular formula is C26H38O5. The van der Waals surface area contributed by atoms with E-state index in [2.05, 4.69) is 20.8 Å². The van der Waals surface area contributed by atoms with Gasteiger partial charge in [-0.1, -0.05) is 20.8 Å². The fourth-order valence-corrected chi connectivity index (χ4v) is 8.17. The Balaban J connectivity index is 1.57. The second-order valence-corrected chi connectivity index (χ2v) is 11.3. The van der Waals surface area contributed by atoms with Crippen molar-refractivity contribution in [2.75, 3.05) is 6.61 Å². The molecule has 0 saturated heterocycles. The average molecular weight is 431 g/mol. The van der Waals surface area contributed by atoms with Gasteiger partial charge in [0.05, 0.1) is 6.61 Å². The van der Waals surface area contributed by atoms with Crippen molar-refractivity contribution < 1.29 is 23.9 Å². The summed E-state index contributed by atoms with van der Waals surface area (Å²) in [5.74, 6) is 1.44. The third-order valence-corrected chi connectivity index (χ3v) is 10.0. The van der Waals surface area contributed by atoms with Crippen LogP contribution in [0.2, 0.25) is 0 Å². The van der Waals surface area contributed by atoms with Crippen molar-refractivity contribution in [1.82, 2.24) is 0 Å². The third kappa shape index (κ3) is 3.51.